The fourth-order valence-corrected chi connectivity index (χ4v) is 4.54. The Labute approximate surface area is 179 Å². The second kappa shape index (κ2) is 20.2. The van der Waals surface area contributed by atoms with Crippen molar-refractivity contribution < 1.29 is 5.11 Å². The highest BCUT2D eigenvalue weighted by Gasteiger charge is 2.32. The molecule has 0 fully saturated rings. The van der Waals surface area contributed by atoms with Crippen LogP contribution in [0.3, 0.4) is 0 Å². The zero-order valence-corrected chi connectivity index (χ0v) is 20.4. The third kappa shape index (κ3) is 15.8. The fraction of sp³-hybridized carbons (Fsp3) is 1.00. The molecular formula is C27H56O. The van der Waals surface area contributed by atoms with E-state index in [1.807, 2.05) is 0 Å². The molecule has 0 aliphatic carbocycles. The molecule has 0 aliphatic heterocycles. The standard InChI is InChI=1S/C27H56O/c1-5-8-11-14-17-20-23-26(4)27(28,24-21-18-15-12-9-6-2)25-22-19-16-13-10-7-3/h26,28H,5-25H2,1-4H3. The Morgan fingerprint density at radius 3 is 1.21 bits per heavy atom. The van der Waals surface area contributed by atoms with Gasteiger partial charge in [-0.1, -0.05) is 143 Å². The smallest absolute Gasteiger partial charge is 0.0673 e. The van der Waals surface area contributed by atoms with Crippen LogP contribution < -0.4 is 0 Å². The molecule has 0 rings (SSSR count). The Bertz CT molecular complexity index is 283. The van der Waals surface area contributed by atoms with Crippen molar-refractivity contribution >= 4 is 0 Å². The highest BCUT2D eigenvalue weighted by molar-refractivity contribution is 4.84. The Morgan fingerprint density at radius 1 is 0.500 bits per heavy atom. The molecular weight excluding hydrogens is 340 g/mol. The van der Waals surface area contributed by atoms with E-state index in [9.17, 15) is 5.11 Å². The van der Waals surface area contributed by atoms with E-state index in [0.29, 0.717) is 5.92 Å². The van der Waals surface area contributed by atoms with Crippen LogP contribution in [0.15, 0.2) is 0 Å². The molecule has 0 aromatic rings. The van der Waals surface area contributed by atoms with Gasteiger partial charge >= 0.3 is 0 Å². The summed E-state index contributed by atoms with van der Waals surface area (Å²) in [7, 11) is 0. The SMILES string of the molecule is CCCCCCCCC(C)C(O)(CCCCCCCC)CCCCCCCC. The lowest BCUT2D eigenvalue weighted by molar-refractivity contribution is -0.0350. The van der Waals surface area contributed by atoms with Gasteiger partial charge in [-0.25, -0.2) is 0 Å². The van der Waals surface area contributed by atoms with Crippen LogP contribution in [0.2, 0.25) is 0 Å². The van der Waals surface area contributed by atoms with Gasteiger partial charge in [0.2, 0.25) is 0 Å². The summed E-state index contributed by atoms with van der Waals surface area (Å²) in [6.07, 6.45) is 27.3. The lowest BCUT2D eigenvalue weighted by Crippen LogP contribution is -2.36. The van der Waals surface area contributed by atoms with Crippen molar-refractivity contribution in [3.8, 4) is 0 Å². The zero-order chi connectivity index (χ0) is 20.9. The van der Waals surface area contributed by atoms with E-state index < -0.39 is 5.60 Å². The summed E-state index contributed by atoms with van der Waals surface area (Å²) in [4.78, 5) is 0. The van der Waals surface area contributed by atoms with Crippen molar-refractivity contribution in [2.75, 3.05) is 0 Å². The molecule has 0 aromatic carbocycles. The first-order chi connectivity index (χ1) is 13.6. The van der Waals surface area contributed by atoms with Crippen LogP contribution >= 0.6 is 0 Å². The van der Waals surface area contributed by atoms with Gasteiger partial charge in [0.15, 0.2) is 0 Å². The van der Waals surface area contributed by atoms with E-state index in [0.717, 1.165) is 12.8 Å². The maximum Gasteiger partial charge on any atom is 0.0673 e. The Hall–Kier alpha value is -0.0400. The molecule has 1 nitrogen and oxygen atoms in total. The highest BCUT2D eigenvalue weighted by atomic mass is 16.3. The van der Waals surface area contributed by atoms with Crippen LogP contribution in [-0.2, 0) is 0 Å². The molecule has 0 aliphatic rings. The Morgan fingerprint density at radius 2 is 0.821 bits per heavy atom. The summed E-state index contributed by atoms with van der Waals surface area (Å²) in [6, 6.07) is 0. The lowest BCUT2D eigenvalue weighted by atomic mass is 9.77. The lowest BCUT2D eigenvalue weighted by Gasteiger charge is -2.35. The van der Waals surface area contributed by atoms with E-state index in [1.165, 1.54) is 122 Å². The summed E-state index contributed by atoms with van der Waals surface area (Å²) in [5, 5.41) is 11.5. The van der Waals surface area contributed by atoms with E-state index in [1.54, 1.807) is 0 Å². The van der Waals surface area contributed by atoms with Gasteiger partial charge in [0.25, 0.3) is 0 Å². The minimum atomic E-state index is -0.404. The topological polar surface area (TPSA) is 20.2 Å². The van der Waals surface area contributed by atoms with Gasteiger partial charge in [-0.2, -0.15) is 0 Å². The van der Waals surface area contributed by atoms with Crippen LogP contribution in [-0.4, -0.2) is 10.7 Å². The predicted molar refractivity (Wildman–Crippen MR) is 128 cm³/mol. The highest BCUT2D eigenvalue weighted by Crippen LogP contribution is 2.33. The number of hydrogen-bond donors (Lipinski definition) is 1. The van der Waals surface area contributed by atoms with Crippen molar-refractivity contribution in [3.63, 3.8) is 0 Å². The Balaban J connectivity index is 4.26. The average Bonchev–Trinajstić information content (AvgIpc) is 2.69. The van der Waals surface area contributed by atoms with E-state index in [2.05, 4.69) is 27.7 Å². The van der Waals surface area contributed by atoms with E-state index >= 15 is 0 Å². The predicted octanol–water partition coefficient (Wildman–Crippen LogP) is 9.61. The molecule has 170 valence electrons. The summed E-state index contributed by atoms with van der Waals surface area (Å²) < 4.78 is 0. The summed E-state index contributed by atoms with van der Waals surface area (Å²) >= 11 is 0. The summed E-state index contributed by atoms with van der Waals surface area (Å²) in [5.41, 5.74) is -0.404. The van der Waals surface area contributed by atoms with Crippen LogP contribution in [0, 0.1) is 5.92 Å². The molecule has 28 heavy (non-hydrogen) atoms. The van der Waals surface area contributed by atoms with Crippen LogP contribution in [0.25, 0.3) is 0 Å². The molecule has 0 saturated heterocycles. The Kier molecular flexibility index (Phi) is 20.2. The van der Waals surface area contributed by atoms with Gasteiger partial charge in [-0.05, 0) is 25.2 Å². The maximum atomic E-state index is 11.5. The first kappa shape index (κ1) is 28.0. The molecule has 0 heterocycles. The average molecular weight is 397 g/mol. The van der Waals surface area contributed by atoms with Crippen LogP contribution in [0.5, 0.6) is 0 Å². The number of hydrogen-bond acceptors (Lipinski definition) is 1. The van der Waals surface area contributed by atoms with Crippen molar-refractivity contribution in [1.82, 2.24) is 0 Å². The molecule has 1 N–H and O–H groups in total. The third-order valence-corrected chi connectivity index (χ3v) is 6.83. The quantitative estimate of drug-likeness (QED) is 0.181. The maximum absolute atomic E-state index is 11.5. The molecule has 1 heteroatoms. The van der Waals surface area contributed by atoms with Crippen molar-refractivity contribution in [3.05, 3.63) is 0 Å². The van der Waals surface area contributed by atoms with Gasteiger partial charge in [-0.15, -0.1) is 0 Å². The molecule has 0 saturated carbocycles. The van der Waals surface area contributed by atoms with Gasteiger partial charge in [-0.3, -0.25) is 0 Å². The van der Waals surface area contributed by atoms with E-state index in [4.69, 9.17) is 0 Å². The van der Waals surface area contributed by atoms with Gasteiger partial charge in [0.05, 0.1) is 5.60 Å². The third-order valence-electron chi connectivity index (χ3n) is 6.83. The largest absolute Gasteiger partial charge is 0.390 e. The fourth-order valence-electron chi connectivity index (χ4n) is 4.54. The number of rotatable bonds is 22. The van der Waals surface area contributed by atoms with Crippen molar-refractivity contribution in [2.24, 2.45) is 5.92 Å². The first-order valence-electron chi connectivity index (χ1n) is 13.3. The molecule has 0 aromatic heterocycles. The van der Waals surface area contributed by atoms with E-state index in [-0.39, 0.29) is 0 Å². The number of aliphatic hydroxyl groups is 1. The van der Waals surface area contributed by atoms with Crippen molar-refractivity contribution in [1.29, 1.82) is 0 Å². The van der Waals surface area contributed by atoms with Gasteiger partial charge in [0.1, 0.15) is 0 Å². The zero-order valence-electron chi connectivity index (χ0n) is 20.4. The monoisotopic (exact) mass is 396 g/mol. The summed E-state index contributed by atoms with van der Waals surface area (Å²) in [6.45, 7) is 9.18. The van der Waals surface area contributed by atoms with Crippen LogP contribution in [0.4, 0.5) is 0 Å². The first-order valence-corrected chi connectivity index (χ1v) is 13.3. The second-order valence-electron chi connectivity index (χ2n) is 9.60. The molecule has 1 atom stereocenters. The second-order valence-corrected chi connectivity index (χ2v) is 9.60. The molecule has 0 radical (unpaired) electrons. The minimum Gasteiger partial charge on any atom is -0.390 e. The molecule has 0 spiro atoms. The van der Waals surface area contributed by atoms with Crippen molar-refractivity contribution in [2.45, 2.75) is 168 Å². The number of unbranched alkanes of at least 4 members (excludes halogenated alkanes) is 15. The normalized spacial score (nSPS) is 13.2. The summed E-state index contributed by atoms with van der Waals surface area (Å²) in [5.74, 6) is 0.463. The molecule has 1 unspecified atom stereocenters. The van der Waals surface area contributed by atoms with Gasteiger partial charge < -0.3 is 5.11 Å². The molecule has 0 amide bonds. The van der Waals surface area contributed by atoms with Crippen LogP contribution in [0.1, 0.15) is 163 Å². The molecule has 0 bridgehead atoms. The van der Waals surface area contributed by atoms with Gasteiger partial charge in [0, 0.05) is 0 Å². The minimum absolute atomic E-state index is 0.404.